The van der Waals surface area contributed by atoms with Gasteiger partial charge in [-0.25, -0.2) is 4.99 Å². The normalized spacial score (nSPS) is 24.4. The van der Waals surface area contributed by atoms with Crippen molar-refractivity contribution < 1.29 is 24.9 Å². The molecule has 1 amide bonds. The number of carbonyl (C=O) groups excluding carboxylic acids is 1. The summed E-state index contributed by atoms with van der Waals surface area (Å²) in [6, 6.07) is -0.166. The van der Waals surface area contributed by atoms with E-state index in [2.05, 4.69) is 18.8 Å². The topological polar surface area (TPSA) is 106 Å². The minimum atomic E-state index is -1.19. The zero-order valence-corrected chi connectivity index (χ0v) is 23.7. The fourth-order valence-electron chi connectivity index (χ4n) is 5.34. The Bertz CT molecular complexity index is 627. The Balaban J connectivity index is 1.80. The van der Waals surface area contributed by atoms with Crippen LogP contribution in [0.4, 0.5) is 0 Å². The van der Waals surface area contributed by atoms with Crippen LogP contribution in [-0.2, 0) is 9.53 Å². The van der Waals surface area contributed by atoms with Gasteiger partial charge >= 0.3 is 0 Å². The molecule has 2 saturated heterocycles. The van der Waals surface area contributed by atoms with Crippen LogP contribution in [0.15, 0.2) is 4.99 Å². The third-order valence-corrected chi connectivity index (χ3v) is 7.82. The van der Waals surface area contributed by atoms with Crippen LogP contribution in [0.1, 0.15) is 117 Å². The van der Waals surface area contributed by atoms with Crippen molar-refractivity contribution in [2.24, 2.45) is 4.99 Å². The molecule has 0 aromatic carbocycles. The van der Waals surface area contributed by atoms with Gasteiger partial charge in [-0.1, -0.05) is 104 Å². The molecule has 37 heavy (non-hydrogen) atoms. The van der Waals surface area contributed by atoms with Gasteiger partial charge < -0.3 is 29.9 Å². The van der Waals surface area contributed by atoms with Gasteiger partial charge in [0.2, 0.25) is 5.91 Å². The number of hydrogen-bond acceptors (Lipinski definition) is 6. The first-order chi connectivity index (χ1) is 18.0. The lowest BCUT2D eigenvalue weighted by atomic mass is 9.95. The van der Waals surface area contributed by atoms with Crippen LogP contribution in [0, 0.1) is 0 Å². The molecule has 216 valence electrons. The van der Waals surface area contributed by atoms with Crippen molar-refractivity contribution in [3.63, 3.8) is 0 Å². The van der Waals surface area contributed by atoms with Crippen LogP contribution < -0.4 is 0 Å². The van der Waals surface area contributed by atoms with Crippen LogP contribution in [0.25, 0.3) is 0 Å². The number of ether oxygens (including phenoxy) is 1. The van der Waals surface area contributed by atoms with Gasteiger partial charge in [-0.15, -0.1) is 0 Å². The Labute approximate surface area is 225 Å². The molecule has 0 aromatic rings. The van der Waals surface area contributed by atoms with Crippen molar-refractivity contribution in [1.82, 2.24) is 9.80 Å². The predicted octanol–water partition coefficient (Wildman–Crippen LogP) is 4.25. The molecule has 0 unspecified atom stereocenters. The van der Waals surface area contributed by atoms with Crippen LogP contribution in [0.2, 0.25) is 0 Å². The zero-order valence-electron chi connectivity index (χ0n) is 23.7. The third-order valence-electron chi connectivity index (χ3n) is 7.82. The van der Waals surface area contributed by atoms with E-state index in [0.29, 0.717) is 0 Å². The fraction of sp³-hybridized carbons (Fsp3) is 0.931. The highest BCUT2D eigenvalue weighted by molar-refractivity contribution is 5.83. The summed E-state index contributed by atoms with van der Waals surface area (Å²) in [6.07, 6.45) is 16.4. The van der Waals surface area contributed by atoms with Crippen LogP contribution in [0.5, 0.6) is 0 Å². The van der Waals surface area contributed by atoms with E-state index in [0.717, 1.165) is 38.8 Å². The first-order valence-corrected chi connectivity index (χ1v) is 15.2. The summed E-state index contributed by atoms with van der Waals surface area (Å²) < 4.78 is 5.63. The molecule has 2 heterocycles. The largest absolute Gasteiger partial charge is 0.463 e. The average molecular weight is 526 g/mol. The molecule has 3 N–H and O–H groups in total. The van der Waals surface area contributed by atoms with Crippen LogP contribution in [0.3, 0.4) is 0 Å². The minimum absolute atomic E-state index is 0.00132. The summed E-state index contributed by atoms with van der Waals surface area (Å²) >= 11 is 0. The molecule has 8 nitrogen and oxygen atoms in total. The lowest BCUT2D eigenvalue weighted by Crippen LogP contribution is -2.60. The number of aliphatic hydroxyl groups excluding tert-OH is 3. The maximum atomic E-state index is 13.1. The molecule has 0 aromatic heterocycles. The van der Waals surface area contributed by atoms with E-state index in [-0.39, 0.29) is 31.6 Å². The summed E-state index contributed by atoms with van der Waals surface area (Å²) in [5.74, 6) is 0.00332. The Morgan fingerprint density at radius 2 is 1.30 bits per heavy atom. The molecule has 0 aliphatic carbocycles. The average Bonchev–Trinajstić information content (AvgIpc) is 3.30. The Morgan fingerprint density at radius 3 is 1.81 bits per heavy atom. The summed E-state index contributed by atoms with van der Waals surface area (Å²) in [7, 11) is 0. The second-order valence-electron chi connectivity index (χ2n) is 11.0. The van der Waals surface area contributed by atoms with Crippen LogP contribution >= 0.6 is 0 Å². The highest BCUT2D eigenvalue weighted by Gasteiger charge is 2.47. The van der Waals surface area contributed by atoms with Gasteiger partial charge in [-0.3, -0.25) is 4.79 Å². The fourth-order valence-corrected chi connectivity index (χ4v) is 5.34. The molecular weight excluding hydrogens is 470 g/mol. The van der Waals surface area contributed by atoms with Gasteiger partial charge in [0.25, 0.3) is 6.02 Å². The second-order valence-corrected chi connectivity index (χ2v) is 11.0. The monoisotopic (exact) mass is 525 g/mol. The summed E-state index contributed by atoms with van der Waals surface area (Å²) in [4.78, 5) is 21.2. The van der Waals surface area contributed by atoms with Gasteiger partial charge in [0.1, 0.15) is 31.5 Å². The number of amides is 1. The number of rotatable bonds is 20. The van der Waals surface area contributed by atoms with Crippen molar-refractivity contribution in [3.8, 4) is 0 Å². The number of fused-ring (bicyclic) bond motifs is 1. The standard InChI is InChI=1S/C29H55N3O5/c1-3-5-7-9-11-13-15-17-19-31(20-18-16-14-12-10-8-6-4-2)26(34)21-30-29-32-22-25(33)28(36)27(35)24(32)23-37-29/h24-25,27-28,33,35-36H,3-23H2,1-2H3/t24-,25+,27-,28-/m1/s1. The smallest absolute Gasteiger partial charge is 0.288 e. The van der Waals surface area contributed by atoms with E-state index in [1.165, 1.54) is 77.0 Å². The predicted molar refractivity (Wildman–Crippen MR) is 149 cm³/mol. The Morgan fingerprint density at radius 1 is 0.811 bits per heavy atom. The molecule has 0 spiro atoms. The molecule has 2 rings (SSSR count). The number of unbranched alkanes of at least 4 members (excludes halogenated alkanes) is 14. The molecular formula is C29H55N3O5. The molecule has 4 atom stereocenters. The molecule has 2 aliphatic rings. The van der Waals surface area contributed by atoms with E-state index in [1.54, 1.807) is 4.90 Å². The lowest BCUT2D eigenvalue weighted by molar-refractivity contribution is -0.129. The molecule has 8 heteroatoms. The second kappa shape index (κ2) is 18.8. The summed E-state index contributed by atoms with van der Waals surface area (Å²) in [5, 5.41) is 30.2. The number of aliphatic hydroxyl groups is 3. The summed E-state index contributed by atoms with van der Waals surface area (Å²) in [6.45, 7) is 6.35. The molecule has 0 saturated carbocycles. The van der Waals surface area contributed by atoms with Gasteiger partial charge in [0.15, 0.2) is 0 Å². The molecule has 2 aliphatic heterocycles. The van der Waals surface area contributed by atoms with E-state index >= 15 is 0 Å². The number of hydrogen-bond donors (Lipinski definition) is 3. The number of piperidine rings is 1. The Hall–Kier alpha value is -1.38. The van der Waals surface area contributed by atoms with Gasteiger partial charge in [0, 0.05) is 13.1 Å². The SMILES string of the molecule is CCCCCCCCCCN(CCCCCCCCCC)C(=O)CN=C1OC[C@@H]2[C@@H](O)[C@H](O)[C@@H](O)CN12. The highest BCUT2D eigenvalue weighted by atomic mass is 16.5. The third kappa shape index (κ3) is 11.5. The number of carbonyl (C=O) groups is 1. The van der Waals surface area contributed by atoms with E-state index < -0.39 is 24.4 Å². The van der Waals surface area contributed by atoms with Gasteiger partial charge in [0.05, 0.1) is 12.6 Å². The zero-order chi connectivity index (χ0) is 26.9. The van der Waals surface area contributed by atoms with E-state index in [1.807, 2.05) is 4.90 Å². The number of aliphatic imine (C=N–C) groups is 1. The van der Waals surface area contributed by atoms with Crippen molar-refractivity contribution in [2.75, 3.05) is 32.8 Å². The quantitative estimate of drug-likeness (QED) is 0.205. The number of nitrogens with zero attached hydrogens (tertiary/aromatic N) is 3. The highest BCUT2D eigenvalue weighted by Crippen LogP contribution is 2.25. The van der Waals surface area contributed by atoms with Crippen molar-refractivity contribution in [2.45, 2.75) is 141 Å². The van der Waals surface area contributed by atoms with Crippen molar-refractivity contribution >= 4 is 11.9 Å². The first-order valence-electron chi connectivity index (χ1n) is 15.2. The van der Waals surface area contributed by atoms with Gasteiger partial charge in [-0.05, 0) is 12.8 Å². The molecule has 0 bridgehead atoms. The van der Waals surface area contributed by atoms with Crippen LogP contribution in [-0.4, -0.2) is 94.2 Å². The lowest BCUT2D eigenvalue weighted by Gasteiger charge is -2.38. The molecule has 2 fully saturated rings. The molecule has 0 radical (unpaired) electrons. The minimum Gasteiger partial charge on any atom is -0.463 e. The van der Waals surface area contributed by atoms with E-state index in [9.17, 15) is 20.1 Å². The first kappa shape index (κ1) is 31.8. The summed E-state index contributed by atoms with van der Waals surface area (Å²) in [5.41, 5.74) is 0. The number of amidine groups is 1. The maximum absolute atomic E-state index is 13.1. The maximum Gasteiger partial charge on any atom is 0.288 e. The van der Waals surface area contributed by atoms with Crippen molar-refractivity contribution in [1.29, 1.82) is 0 Å². The van der Waals surface area contributed by atoms with Gasteiger partial charge in [-0.2, -0.15) is 0 Å². The van der Waals surface area contributed by atoms with Crippen molar-refractivity contribution in [3.05, 3.63) is 0 Å². The van der Waals surface area contributed by atoms with E-state index in [4.69, 9.17) is 4.74 Å². The Kier molecular flexibility index (Phi) is 16.2.